The zero-order valence-electron chi connectivity index (χ0n) is 17.3. The number of nitrogens with zero attached hydrogens (tertiary/aromatic N) is 5. The minimum atomic E-state index is -0.589. The molecule has 4 rings (SSSR count). The van der Waals surface area contributed by atoms with E-state index in [1.807, 2.05) is 17.6 Å². The highest BCUT2D eigenvalue weighted by atomic mass is 16.5. The topological polar surface area (TPSA) is 102 Å². The molecule has 156 valence electrons. The molecular formula is C20H21N5O5. The monoisotopic (exact) mass is 411 g/mol. The first-order valence-electron chi connectivity index (χ1n) is 9.20. The Morgan fingerprint density at radius 3 is 2.53 bits per heavy atom. The van der Waals surface area contributed by atoms with Gasteiger partial charge in [-0.3, -0.25) is 27.7 Å². The number of aromatic nitrogens is 5. The Balaban J connectivity index is 2.10. The van der Waals surface area contributed by atoms with Crippen LogP contribution >= 0.6 is 0 Å². The van der Waals surface area contributed by atoms with Crippen molar-refractivity contribution in [1.82, 2.24) is 23.1 Å². The number of rotatable bonds is 5. The standard InChI is InChI=1S/C20H21N5O5/c1-11-9-23-16-17(22(3)20(28)24(18(16)27)10-12(2)26)21-19(23)25(11)14-7-6-13(29-4)8-15(14)30-5/h6-9H,10H2,1-5H3. The van der Waals surface area contributed by atoms with Crippen molar-refractivity contribution in [1.29, 1.82) is 0 Å². The molecule has 4 aromatic rings. The number of hydrogen-bond acceptors (Lipinski definition) is 6. The molecule has 0 saturated carbocycles. The molecule has 10 nitrogen and oxygen atoms in total. The van der Waals surface area contributed by atoms with Crippen molar-refractivity contribution in [2.45, 2.75) is 20.4 Å². The summed E-state index contributed by atoms with van der Waals surface area (Å²) in [5.74, 6) is 1.36. The van der Waals surface area contributed by atoms with E-state index in [1.54, 1.807) is 36.9 Å². The van der Waals surface area contributed by atoms with Gasteiger partial charge in [0.1, 0.15) is 17.3 Å². The fraction of sp³-hybridized carbons (Fsp3) is 0.300. The minimum Gasteiger partial charge on any atom is -0.497 e. The Labute approximate surface area is 170 Å². The van der Waals surface area contributed by atoms with Crippen molar-refractivity contribution in [3.05, 3.63) is 50.9 Å². The lowest BCUT2D eigenvalue weighted by atomic mass is 10.2. The number of carbonyl (C=O) groups excluding carboxylic acids is 1. The van der Waals surface area contributed by atoms with Gasteiger partial charge in [0.25, 0.3) is 5.56 Å². The predicted octanol–water partition coefficient (Wildman–Crippen LogP) is 1.05. The summed E-state index contributed by atoms with van der Waals surface area (Å²) in [5, 5.41) is 0. The van der Waals surface area contributed by atoms with Gasteiger partial charge in [0.2, 0.25) is 5.78 Å². The van der Waals surface area contributed by atoms with Gasteiger partial charge in [0.05, 0.1) is 26.5 Å². The minimum absolute atomic E-state index is 0.225. The summed E-state index contributed by atoms with van der Waals surface area (Å²) in [5.41, 5.74) is 0.816. The summed E-state index contributed by atoms with van der Waals surface area (Å²) in [6.07, 6.45) is 1.76. The Morgan fingerprint density at radius 2 is 1.90 bits per heavy atom. The SMILES string of the molecule is COc1ccc(-n2c(C)cn3c4c(=O)n(CC(C)=O)c(=O)n(C)c4nc23)c(OC)c1. The molecule has 1 aromatic carbocycles. The fourth-order valence-corrected chi connectivity index (χ4v) is 3.64. The van der Waals surface area contributed by atoms with Crippen LogP contribution in [-0.2, 0) is 18.4 Å². The van der Waals surface area contributed by atoms with E-state index in [2.05, 4.69) is 4.98 Å². The van der Waals surface area contributed by atoms with Gasteiger partial charge in [-0.15, -0.1) is 0 Å². The maximum Gasteiger partial charge on any atom is 0.332 e. The third-order valence-corrected chi connectivity index (χ3v) is 5.03. The van der Waals surface area contributed by atoms with Crippen molar-refractivity contribution >= 4 is 22.7 Å². The first-order chi connectivity index (χ1) is 14.3. The molecule has 0 aliphatic rings. The molecule has 0 bridgehead atoms. The van der Waals surface area contributed by atoms with Crippen molar-refractivity contribution in [3.8, 4) is 17.2 Å². The highest BCUT2D eigenvalue weighted by molar-refractivity contribution is 5.78. The predicted molar refractivity (Wildman–Crippen MR) is 110 cm³/mol. The van der Waals surface area contributed by atoms with Crippen LogP contribution in [0.15, 0.2) is 34.0 Å². The molecule has 3 heterocycles. The number of imidazole rings is 2. The molecule has 10 heteroatoms. The fourth-order valence-electron chi connectivity index (χ4n) is 3.64. The number of hydrogen-bond donors (Lipinski definition) is 0. The molecule has 0 atom stereocenters. The van der Waals surface area contributed by atoms with Crippen LogP contribution in [0.4, 0.5) is 0 Å². The molecule has 0 spiro atoms. The number of methoxy groups -OCH3 is 2. The smallest absolute Gasteiger partial charge is 0.332 e. The van der Waals surface area contributed by atoms with Crippen LogP contribution in [0.25, 0.3) is 22.6 Å². The lowest BCUT2D eigenvalue weighted by Crippen LogP contribution is -2.40. The molecule has 0 radical (unpaired) electrons. The van der Waals surface area contributed by atoms with Crippen molar-refractivity contribution < 1.29 is 14.3 Å². The first-order valence-corrected chi connectivity index (χ1v) is 9.20. The maximum absolute atomic E-state index is 13.1. The maximum atomic E-state index is 13.1. The molecule has 0 unspecified atom stereocenters. The van der Waals surface area contributed by atoms with Crippen LogP contribution in [-0.4, -0.2) is 43.1 Å². The molecule has 0 fully saturated rings. The summed E-state index contributed by atoms with van der Waals surface area (Å²) in [4.78, 5) is 41.8. The third-order valence-electron chi connectivity index (χ3n) is 5.03. The van der Waals surface area contributed by atoms with Crippen LogP contribution < -0.4 is 20.7 Å². The second-order valence-electron chi connectivity index (χ2n) is 7.03. The second kappa shape index (κ2) is 6.90. The Hall–Kier alpha value is -3.82. The van der Waals surface area contributed by atoms with Gasteiger partial charge in [-0.05, 0) is 26.0 Å². The third kappa shape index (κ3) is 2.71. The number of ether oxygens (including phenoxy) is 2. The lowest BCUT2D eigenvalue weighted by Gasteiger charge is -2.12. The highest BCUT2D eigenvalue weighted by Crippen LogP contribution is 2.31. The number of fused-ring (bicyclic) bond motifs is 3. The van der Waals surface area contributed by atoms with Gasteiger partial charge >= 0.3 is 5.69 Å². The van der Waals surface area contributed by atoms with Gasteiger partial charge in [-0.1, -0.05) is 0 Å². The average Bonchev–Trinajstić information content (AvgIpc) is 3.23. The highest BCUT2D eigenvalue weighted by Gasteiger charge is 2.22. The Morgan fingerprint density at radius 1 is 1.17 bits per heavy atom. The van der Waals surface area contributed by atoms with Crippen molar-refractivity contribution in [2.75, 3.05) is 14.2 Å². The summed E-state index contributed by atoms with van der Waals surface area (Å²) in [6, 6.07) is 5.38. The molecular weight excluding hydrogens is 390 g/mol. The normalized spacial score (nSPS) is 11.4. The average molecular weight is 411 g/mol. The van der Waals surface area contributed by atoms with E-state index >= 15 is 0 Å². The summed E-state index contributed by atoms with van der Waals surface area (Å²) in [7, 11) is 4.65. The van der Waals surface area contributed by atoms with Gasteiger partial charge in [-0.25, -0.2) is 4.79 Å². The number of ketones is 1. The van der Waals surface area contributed by atoms with E-state index < -0.39 is 11.2 Å². The second-order valence-corrected chi connectivity index (χ2v) is 7.03. The van der Waals surface area contributed by atoms with Gasteiger partial charge in [-0.2, -0.15) is 4.98 Å². The van der Waals surface area contributed by atoms with E-state index in [-0.39, 0.29) is 23.5 Å². The van der Waals surface area contributed by atoms with Crippen LogP contribution in [0.1, 0.15) is 12.6 Å². The van der Waals surface area contributed by atoms with Crippen LogP contribution in [0.2, 0.25) is 0 Å². The molecule has 0 saturated heterocycles. The molecule has 0 aliphatic heterocycles. The zero-order valence-corrected chi connectivity index (χ0v) is 17.3. The van der Waals surface area contributed by atoms with Crippen LogP contribution in [0.5, 0.6) is 11.5 Å². The molecule has 3 aromatic heterocycles. The first kappa shape index (κ1) is 19.5. The number of aryl methyl sites for hydroxylation is 2. The van der Waals surface area contributed by atoms with Gasteiger partial charge in [0.15, 0.2) is 11.2 Å². The molecule has 30 heavy (non-hydrogen) atoms. The summed E-state index contributed by atoms with van der Waals surface area (Å²) < 4.78 is 16.5. The quantitative estimate of drug-likeness (QED) is 0.487. The summed E-state index contributed by atoms with van der Waals surface area (Å²) in [6.45, 7) is 2.92. The number of Topliss-reactive ketones (excluding diaryl/α,β-unsaturated/α-hetero) is 1. The van der Waals surface area contributed by atoms with Gasteiger partial charge < -0.3 is 9.47 Å². The molecule has 0 aliphatic carbocycles. The van der Waals surface area contributed by atoms with Crippen LogP contribution in [0, 0.1) is 6.92 Å². The molecule has 0 N–H and O–H groups in total. The lowest BCUT2D eigenvalue weighted by molar-refractivity contribution is -0.117. The van der Waals surface area contributed by atoms with Crippen molar-refractivity contribution in [2.24, 2.45) is 7.05 Å². The van der Waals surface area contributed by atoms with E-state index in [0.29, 0.717) is 23.0 Å². The van der Waals surface area contributed by atoms with E-state index in [0.717, 1.165) is 10.3 Å². The van der Waals surface area contributed by atoms with Gasteiger partial charge in [0, 0.05) is 25.0 Å². The summed E-state index contributed by atoms with van der Waals surface area (Å²) >= 11 is 0. The Bertz CT molecular complexity index is 1440. The van der Waals surface area contributed by atoms with Crippen molar-refractivity contribution in [3.63, 3.8) is 0 Å². The van der Waals surface area contributed by atoms with E-state index in [1.165, 1.54) is 18.5 Å². The number of benzene rings is 1. The number of carbonyl (C=O) groups is 1. The van der Waals surface area contributed by atoms with E-state index in [4.69, 9.17) is 9.47 Å². The van der Waals surface area contributed by atoms with E-state index in [9.17, 15) is 14.4 Å². The zero-order chi connectivity index (χ0) is 21.7. The van der Waals surface area contributed by atoms with Crippen LogP contribution in [0.3, 0.4) is 0 Å². The Kier molecular flexibility index (Phi) is 4.49. The molecule has 0 amide bonds. The largest absolute Gasteiger partial charge is 0.497 e.